The highest BCUT2D eigenvalue weighted by molar-refractivity contribution is 6.63. The van der Waals surface area contributed by atoms with E-state index in [9.17, 15) is 39.5 Å². The topological polar surface area (TPSA) is 18.5 Å². The van der Waals surface area contributed by atoms with Gasteiger partial charge in [-0.05, 0) is 24.3 Å². The third-order valence-corrected chi connectivity index (χ3v) is 3.74. The minimum Gasteiger partial charge on any atom is -0.520 e. The largest absolute Gasteiger partial charge is 0.639 e. The quantitative estimate of drug-likeness (QED) is 0.248. The summed E-state index contributed by atoms with van der Waals surface area (Å²) in [4.78, 5) is 0. The van der Waals surface area contributed by atoms with Gasteiger partial charge in [0.25, 0.3) is 0 Å². The van der Waals surface area contributed by atoms with Gasteiger partial charge in [-0.2, -0.15) is 0 Å². The molecule has 0 aliphatic carbocycles. The highest BCUT2D eigenvalue weighted by Crippen LogP contribution is 2.24. The van der Waals surface area contributed by atoms with Gasteiger partial charge in [0, 0.05) is 12.1 Å². The molecule has 0 N–H and O–H groups in total. The molecule has 0 heterocycles. The molecule has 0 saturated heterocycles. The van der Waals surface area contributed by atoms with Crippen molar-refractivity contribution in [3.8, 4) is 11.5 Å². The van der Waals surface area contributed by atoms with Crippen molar-refractivity contribution in [1.82, 2.24) is 0 Å². The van der Waals surface area contributed by atoms with Crippen LogP contribution >= 0.6 is 0 Å². The summed E-state index contributed by atoms with van der Waals surface area (Å²) in [6, 6.07) is 3.17. The van der Waals surface area contributed by atoms with Gasteiger partial charge < -0.3 is 9.31 Å². The summed E-state index contributed by atoms with van der Waals surface area (Å²) in [5.74, 6) is -18.9. The van der Waals surface area contributed by atoms with Crippen LogP contribution in [0.5, 0.6) is 11.5 Å². The lowest BCUT2D eigenvalue weighted by atomic mass is 9.77. The molecule has 0 aliphatic rings. The van der Waals surface area contributed by atoms with E-state index in [1.807, 2.05) is 0 Å². The summed E-state index contributed by atoms with van der Waals surface area (Å²) >= 11 is 0. The Hall–Kier alpha value is -3.31. The van der Waals surface area contributed by atoms with Crippen LogP contribution in [0, 0.1) is 52.4 Å². The monoisotopic (exact) mass is 436 g/mol. The number of benzene rings is 3. The first-order chi connectivity index (χ1) is 14.1. The summed E-state index contributed by atoms with van der Waals surface area (Å²) in [5, 5.41) is 0. The van der Waals surface area contributed by atoms with Crippen LogP contribution in [-0.2, 0) is 0 Å². The van der Waals surface area contributed by atoms with Crippen molar-refractivity contribution < 1.29 is 48.8 Å². The molecule has 12 heteroatoms. The van der Waals surface area contributed by atoms with E-state index in [0.717, 1.165) is 0 Å². The average Bonchev–Trinajstić information content (AvgIpc) is 2.69. The highest BCUT2D eigenvalue weighted by atomic mass is 19.2. The fraction of sp³-hybridized carbons (Fsp3) is 0. The third-order valence-electron chi connectivity index (χ3n) is 3.74. The van der Waals surface area contributed by atoms with Crippen LogP contribution < -0.4 is 14.8 Å². The lowest BCUT2D eigenvalue weighted by Crippen LogP contribution is -2.48. The second kappa shape index (κ2) is 8.21. The van der Waals surface area contributed by atoms with E-state index >= 15 is 0 Å². The summed E-state index contributed by atoms with van der Waals surface area (Å²) in [5.41, 5.74) is -1.72. The molecule has 3 aromatic carbocycles. The SMILES string of the molecule is Fc1ccc(OB(Oc2ccc(F)cc2F)c2c(F)c(F)c(F)c(F)c2F)c(F)c1. The van der Waals surface area contributed by atoms with Gasteiger partial charge in [-0.1, -0.05) is 0 Å². The smallest absolute Gasteiger partial charge is 0.520 e. The Kier molecular flexibility index (Phi) is 5.86. The maximum Gasteiger partial charge on any atom is 0.639 e. The van der Waals surface area contributed by atoms with Crippen molar-refractivity contribution in [2.75, 3.05) is 0 Å². The predicted molar refractivity (Wildman–Crippen MR) is 85.6 cm³/mol. The molecule has 2 nitrogen and oxygen atoms in total. The predicted octanol–water partition coefficient (Wildman–Crippen LogP) is 4.79. The molecule has 0 unspecified atom stereocenters. The van der Waals surface area contributed by atoms with Crippen molar-refractivity contribution in [1.29, 1.82) is 0 Å². The van der Waals surface area contributed by atoms with Crippen LogP contribution in [0.3, 0.4) is 0 Å². The van der Waals surface area contributed by atoms with Crippen LogP contribution in [0.1, 0.15) is 0 Å². The minimum atomic E-state index is -2.64. The summed E-state index contributed by atoms with van der Waals surface area (Å²) < 4.78 is 132. The van der Waals surface area contributed by atoms with Gasteiger partial charge in [0.1, 0.15) is 23.1 Å². The molecule has 0 spiro atoms. The van der Waals surface area contributed by atoms with Gasteiger partial charge in [-0.25, -0.2) is 39.5 Å². The maximum atomic E-state index is 14.2. The van der Waals surface area contributed by atoms with Gasteiger partial charge in [0.15, 0.2) is 40.7 Å². The fourth-order valence-corrected chi connectivity index (χ4v) is 2.34. The Balaban J connectivity index is 2.15. The first kappa shape index (κ1) is 21.4. The first-order valence-corrected chi connectivity index (χ1v) is 7.85. The average molecular weight is 436 g/mol. The number of hydrogen-bond acceptors (Lipinski definition) is 2. The van der Waals surface area contributed by atoms with Crippen molar-refractivity contribution >= 4 is 12.6 Å². The van der Waals surface area contributed by atoms with E-state index in [1.165, 1.54) is 0 Å². The number of halogens is 9. The Labute approximate surface area is 162 Å². The molecule has 0 aliphatic heterocycles. The molecular weight excluding hydrogens is 430 g/mol. The van der Waals surface area contributed by atoms with Gasteiger partial charge in [-0.15, -0.1) is 0 Å². The lowest BCUT2D eigenvalue weighted by Gasteiger charge is -2.19. The Morgan fingerprint density at radius 2 is 0.867 bits per heavy atom. The van der Waals surface area contributed by atoms with Gasteiger partial charge in [0.05, 0.1) is 5.46 Å². The van der Waals surface area contributed by atoms with E-state index in [4.69, 9.17) is 9.31 Å². The highest BCUT2D eigenvalue weighted by Gasteiger charge is 2.40. The molecule has 156 valence electrons. The molecular formula is C18H6BF9O2. The zero-order chi connectivity index (χ0) is 22.2. The van der Waals surface area contributed by atoms with Crippen molar-refractivity contribution in [3.63, 3.8) is 0 Å². The minimum absolute atomic E-state index is 0.295. The molecule has 3 rings (SSSR count). The molecule has 30 heavy (non-hydrogen) atoms. The molecule has 0 amide bonds. The van der Waals surface area contributed by atoms with Crippen molar-refractivity contribution in [2.45, 2.75) is 0 Å². The Bertz CT molecular complexity index is 1040. The second-order valence-corrected chi connectivity index (χ2v) is 5.70. The van der Waals surface area contributed by atoms with E-state index in [2.05, 4.69) is 0 Å². The Morgan fingerprint density at radius 3 is 1.23 bits per heavy atom. The molecule has 3 aromatic rings. The number of hydrogen-bond donors (Lipinski definition) is 0. The van der Waals surface area contributed by atoms with Crippen LogP contribution in [0.15, 0.2) is 36.4 Å². The number of rotatable bonds is 5. The summed E-state index contributed by atoms with van der Waals surface area (Å²) in [6.45, 7) is 0. The van der Waals surface area contributed by atoms with E-state index in [1.54, 1.807) is 0 Å². The summed E-state index contributed by atoms with van der Waals surface area (Å²) in [6.07, 6.45) is 0. The van der Waals surface area contributed by atoms with Crippen molar-refractivity contribution in [2.24, 2.45) is 0 Å². The molecule has 0 fully saturated rings. The molecule has 0 radical (unpaired) electrons. The van der Waals surface area contributed by atoms with E-state index in [-0.39, 0.29) is 0 Å². The van der Waals surface area contributed by atoms with Crippen LogP contribution in [-0.4, -0.2) is 7.12 Å². The van der Waals surface area contributed by atoms with Gasteiger partial charge >= 0.3 is 7.12 Å². The van der Waals surface area contributed by atoms with Crippen molar-refractivity contribution in [3.05, 3.63) is 88.8 Å². The van der Waals surface area contributed by atoms with E-state index < -0.39 is 76.4 Å². The Morgan fingerprint density at radius 1 is 0.500 bits per heavy atom. The third kappa shape index (κ3) is 4.02. The fourth-order valence-electron chi connectivity index (χ4n) is 2.34. The van der Waals surface area contributed by atoms with Crippen LogP contribution in [0.4, 0.5) is 39.5 Å². The summed E-state index contributed by atoms with van der Waals surface area (Å²) in [7, 11) is -2.64. The molecule has 0 aromatic heterocycles. The van der Waals surface area contributed by atoms with Gasteiger partial charge in [0.2, 0.25) is 0 Å². The molecule has 0 bridgehead atoms. The normalized spacial score (nSPS) is 10.8. The van der Waals surface area contributed by atoms with E-state index in [0.29, 0.717) is 36.4 Å². The molecule has 0 saturated carbocycles. The maximum absolute atomic E-state index is 14.2. The zero-order valence-corrected chi connectivity index (χ0v) is 14.3. The van der Waals surface area contributed by atoms with Gasteiger partial charge in [-0.3, -0.25) is 0 Å². The lowest BCUT2D eigenvalue weighted by molar-refractivity contribution is 0.370. The molecule has 0 atom stereocenters. The first-order valence-electron chi connectivity index (χ1n) is 7.85. The van der Waals surface area contributed by atoms with Crippen LogP contribution in [0.2, 0.25) is 0 Å². The zero-order valence-electron chi connectivity index (χ0n) is 14.3. The standard InChI is InChI=1S/C18H6BF9O2/c20-7-1-3-11(9(22)5-7)29-19(30-12-4-2-8(21)6-10(12)23)13-14(24)16(26)18(28)17(27)15(13)25/h1-6H. The van der Waals surface area contributed by atoms with Crippen LogP contribution in [0.25, 0.3) is 0 Å². The second-order valence-electron chi connectivity index (χ2n) is 5.70.